The van der Waals surface area contributed by atoms with Crippen molar-refractivity contribution in [3.8, 4) is 45.1 Å². The number of fused-ring (bicyclic) bond motifs is 9. The molecule has 0 saturated carbocycles. The Labute approximate surface area is 516 Å². The Bertz CT molecular complexity index is 4530. The molecule has 0 radical (unpaired) electrons. The largest absolute Gasteiger partial charge is 0.0561 e. The van der Waals surface area contributed by atoms with Crippen LogP contribution in [0.1, 0.15) is 101 Å². The van der Waals surface area contributed by atoms with Gasteiger partial charge in [-0.25, -0.2) is 0 Å². The molecule has 0 atom stereocenters. The maximum atomic E-state index is 7.24. The minimum atomic E-state index is -0.762. The molecule has 0 bridgehead atoms. The molecule has 0 amide bonds. The average molecular weight is 1300 g/mol. The van der Waals surface area contributed by atoms with Gasteiger partial charge in [-0.15, -0.1) is 0 Å². The van der Waals surface area contributed by atoms with Crippen molar-refractivity contribution in [3.63, 3.8) is 0 Å². The molecule has 0 unspecified atom stereocenters. The summed E-state index contributed by atoms with van der Waals surface area (Å²) in [7, 11) is 0. The molecule has 2 aromatic heterocycles. The number of para-hydroxylation sites is 6. The van der Waals surface area contributed by atoms with Gasteiger partial charge in [0, 0.05) is 11.9 Å². The van der Waals surface area contributed by atoms with Crippen LogP contribution in [0.3, 0.4) is 0 Å². The summed E-state index contributed by atoms with van der Waals surface area (Å²) in [6, 6.07) is 91.0. The first kappa shape index (κ1) is 54.8. The molecular formula is C79H69N5OPt. The molecule has 2 aliphatic heterocycles. The van der Waals surface area contributed by atoms with E-state index in [0.29, 0.717) is 5.75 Å². The summed E-state index contributed by atoms with van der Waals surface area (Å²) in [5.41, 5.74) is 21.9. The van der Waals surface area contributed by atoms with Gasteiger partial charge in [-0.3, -0.25) is 0 Å². The van der Waals surface area contributed by atoms with Crippen LogP contribution in [0.5, 0.6) is 11.5 Å². The van der Waals surface area contributed by atoms with Crippen LogP contribution in [0.25, 0.3) is 44.7 Å². The normalized spacial score (nSPS) is 13.5. The number of aromatic nitrogens is 3. The summed E-state index contributed by atoms with van der Waals surface area (Å²) < 4.78 is 13.1. The van der Waals surface area contributed by atoms with E-state index in [1.54, 1.807) is 0 Å². The van der Waals surface area contributed by atoms with Crippen molar-refractivity contribution in [1.82, 2.24) is 14.1 Å². The Balaban J connectivity index is 0.956. The summed E-state index contributed by atoms with van der Waals surface area (Å²) in [6.07, 6.45) is 1.97. The molecule has 6 nitrogen and oxygen atoms in total. The molecule has 0 saturated heterocycles. The second-order valence-corrected chi connectivity index (χ2v) is 27.0. The fourth-order valence-electron chi connectivity index (χ4n) is 13.2. The van der Waals surface area contributed by atoms with Gasteiger partial charge in [-0.1, -0.05) is 123 Å². The second-order valence-electron chi connectivity index (χ2n) is 26.0. The molecule has 426 valence electrons. The number of rotatable bonds is 8. The smallest absolute Gasteiger partial charge is 0.0131 e. The van der Waals surface area contributed by atoms with Crippen LogP contribution in [0.4, 0.5) is 34.3 Å². The molecule has 7 heteroatoms. The maximum absolute atomic E-state index is 7.24. The molecule has 14 rings (SSSR count). The zero-order valence-corrected chi connectivity index (χ0v) is 52.5. The zero-order chi connectivity index (χ0) is 59.3. The van der Waals surface area contributed by atoms with Crippen LogP contribution in [0, 0.1) is 3.80 Å². The first-order chi connectivity index (χ1) is 41.5. The molecule has 10 aromatic carbocycles. The van der Waals surface area contributed by atoms with Crippen LogP contribution < -0.4 is 14.5 Å². The van der Waals surface area contributed by atoms with E-state index in [1.165, 1.54) is 33.4 Å². The van der Waals surface area contributed by atoms with Crippen LogP contribution in [-0.2, 0) is 41.0 Å². The third-order valence-electron chi connectivity index (χ3n) is 17.5. The number of ether oxygens (including phenoxy) is 1. The predicted molar refractivity (Wildman–Crippen MR) is 352 cm³/mol. The van der Waals surface area contributed by atoms with E-state index >= 15 is 0 Å². The molecule has 0 aliphatic carbocycles. The summed E-state index contributed by atoms with van der Waals surface area (Å²) in [4.78, 5) is 10.1. The van der Waals surface area contributed by atoms with Crippen molar-refractivity contribution in [2.75, 3.05) is 9.80 Å². The molecule has 1 spiro atoms. The molecule has 86 heavy (non-hydrogen) atoms. The van der Waals surface area contributed by atoms with Gasteiger partial charge in [0.05, 0.1) is 11.4 Å². The van der Waals surface area contributed by atoms with E-state index in [4.69, 9.17) is 9.72 Å². The molecule has 4 heterocycles. The Morgan fingerprint density at radius 3 is 1.41 bits per heavy atom. The molecular weight excluding hydrogens is 1230 g/mol. The quantitative estimate of drug-likeness (QED) is 0.152. The molecule has 0 fully saturated rings. The first-order valence-corrected chi connectivity index (χ1v) is 31.0. The number of anilines is 6. The molecule has 0 N–H and O–H groups in total. The van der Waals surface area contributed by atoms with Gasteiger partial charge in [0.1, 0.15) is 0 Å². The summed E-state index contributed by atoms with van der Waals surface area (Å²) in [5, 5.41) is 0. The monoisotopic (exact) mass is 1300 g/mol. The number of benzene rings is 10. The third kappa shape index (κ3) is 9.11. The topological polar surface area (TPSA) is 38.5 Å². The minimum absolute atomic E-state index is 0.0726. The van der Waals surface area contributed by atoms with Gasteiger partial charge in [-0.05, 0) is 63.3 Å². The fraction of sp³-hybridized carbons (Fsp3) is 0.165. The second kappa shape index (κ2) is 20.9. The van der Waals surface area contributed by atoms with E-state index in [2.05, 4.69) is 349 Å². The van der Waals surface area contributed by atoms with Crippen molar-refractivity contribution in [1.29, 1.82) is 0 Å². The number of hydrogen-bond donors (Lipinski definition) is 0. The number of pyridine rings is 1. The SMILES string of the molecule is CC(C)(C)c1cc(N2c3ccccc3C3(c4ccccc42)c2ccccc2N(c2cc(C(C)(C)C)ccn2)c2cc(Oc4cccc(-n5[c](=[Pt])n(-c6c(-c7ccccc7)cccc6-c6ccccc6)c6ccccc65)c4)ccc23)cc(C(C)(C)C)c1. The summed E-state index contributed by atoms with van der Waals surface area (Å²) in [6.45, 7) is 20.7. The Hall–Kier alpha value is -9.09. The maximum Gasteiger partial charge on any atom is -0.0131 e. The first-order valence-electron chi connectivity index (χ1n) is 29.8. The average Bonchev–Trinajstić information content (AvgIpc) is 0.808. The van der Waals surface area contributed by atoms with Gasteiger partial charge in [0.2, 0.25) is 0 Å². The third-order valence-corrected chi connectivity index (χ3v) is 18.5. The van der Waals surface area contributed by atoms with Crippen LogP contribution in [0.2, 0.25) is 0 Å². The number of imidazole rings is 1. The van der Waals surface area contributed by atoms with Crippen molar-refractivity contribution >= 4 is 45.3 Å². The van der Waals surface area contributed by atoms with Crippen molar-refractivity contribution < 1.29 is 24.1 Å². The minimum Gasteiger partial charge on any atom is -0.0561 e. The molecule has 12 aromatic rings. The van der Waals surface area contributed by atoms with Gasteiger partial charge in [0.15, 0.2) is 0 Å². The van der Waals surface area contributed by atoms with Gasteiger partial charge in [0.25, 0.3) is 0 Å². The van der Waals surface area contributed by atoms with E-state index in [-0.39, 0.29) is 16.2 Å². The number of nitrogens with zero attached hydrogens (tertiary/aromatic N) is 5. The van der Waals surface area contributed by atoms with Crippen molar-refractivity contribution in [2.45, 2.75) is 84.0 Å². The molecule has 2 aliphatic rings. The van der Waals surface area contributed by atoms with E-state index in [9.17, 15) is 0 Å². The van der Waals surface area contributed by atoms with E-state index < -0.39 is 5.41 Å². The standard InChI is InChI=1S/C79H69N5O.Pt/c1-76(2,3)55-44-45-80-74(49-55)84-70-39-21-18-36-66(70)79(64-34-16-19-37-68(64)83(69-38-20-17-35-65(69)79)59-47-56(77(4,5)6)46-57(48-59)78(7,8)9)67-43-42-61(51-73(67)84)85-60-31-24-30-58(50-60)81-52-82(72-41-23-22-40-71(72)81)75-62(53-26-12-10-13-27-53)32-25-33-63(75)54-28-14-11-15-29-54;/h10-51H,1-9H3;. The van der Waals surface area contributed by atoms with E-state index in [1.807, 2.05) is 6.20 Å². The Morgan fingerprint density at radius 2 is 0.849 bits per heavy atom. The van der Waals surface area contributed by atoms with Crippen LogP contribution in [0.15, 0.2) is 255 Å². The summed E-state index contributed by atoms with van der Waals surface area (Å²) >= 11 is 2.53. The van der Waals surface area contributed by atoms with Crippen molar-refractivity contribution in [2.24, 2.45) is 0 Å². The van der Waals surface area contributed by atoms with E-state index in [0.717, 1.165) is 94.0 Å². The number of hydrogen-bond acceptors (Lipinski definition) is 4. The van der Waals surface area contributed by atoms with Crippen LogP contribution >= 0.6 is 0 Å². The predicted octanol–water partition coefficient (Wildman–Crippen LogP) is 20.9. The summed E-state index contributed by atoms with van der Waals surface area (Å²) in [5.74, 6) is 2.28. The fourth-order valence-corrected chi connectivity index (χ4v) is 14.3. The Kier molecular flexibility index (Phi) is 13.3. The zero-order valence-electron chi connectivity index (χ0n) is 50.2. The van der Waals surface area contributed by atoms with Gasteiger partial charge < -0.3 is 4.90 Å². The Morgan fingerprint density at radius 1 is 0.372 bits per heavy atom. The van der Waals surface area contributed by atoms with Gasteiger partial charge >= 0.3 is 306 Å². The van der Waals surface area contributed by atoms with Crippen molar-refractivity contribution in [3.05, 3.63) is 298 Å². The van der Waals surface area contributed by atoms with Crippen LogP contribution in [-0.4, -0.2) is 14.1 Å². The van der Waals surface area contributed by atoms with Gasteiger partial charge in [-0.2, -0.15) is 0 Å².